The van der Waals surface area contributed by atoms with Gasteiger partial charge >= 0.3 is 5.97 Å². The highest BCUT2D eigenvalue weighted by atomic mass is 16.4. The van der Waals surface area contributed by atoms with Crippen molar-refractivity contribution in [3.63, 3.8) is 0 Å². The number of carboxylic acid groups (broad SMARTS) is 1. The van der Waals surface area contributed by atoms with Crippen LogP contribution in [0.25, 0.3) is 0 Å². The number of aliphatic hydroxyl groups is 1. The van der Waals surface area contributed by atoms with Crippen LogP contribution in [-0.4, -0.2) is 33.3 Å². The Hall–Kier alpha value is -1.49. The second-order valence-corrected chi connectivity index (χ2v) is 15.7. The second kappa shape index (κ2) is 7.58. The first-order valence-electron chi connectivity index (χ1n) is 14.6. The summed E-state index contributed by atoms with van der Waals surface area (Å²) in [4.78, 5) is 39.3. The topological polar surface area (TPSA) is 91.7 Å². The fraction of sp³-hybridized carbons (Fsp3) is 0.844. The summed E-state index contributed by atoms with van der Waals surface area (Å²) in [6, 6.07) is 0. The average Bonchev–Trinajstić information content (AvgIpc) is 2.79. The third kappa shape index (κ3) is 3.10. The molecule has 2 N–H and O–H groups in total. The third-order valence-corrected chi connectivity index (χ3v) is 13.9. The lowest BCUT2D eigenvalue weighted by Gasteiger charge is -2.71. The average molecular weight is 513 g/mol. The monoisotopic (exact) mass is 512 g/mol. The number of carboxylic acids is 1. The summed E-state index contributed by atoms with van der Waals surface area (Å²) in [7, 11) is 0. The van der Waals surface area contributed by atoms with Crippen LogP contribution < -0.4 is 0 Å². The van der Waals surface area contributed by atoms with E-state index in [1.54, 1.807) is 0 Å². The molecule has 5 aliphatic carbocycles. The molecule has 37 heavy (non-hydrogen) atoms. The highest BCUT2D eigenvalue weighted by Crippen LogP contribution is 2.75. The molecule has 0 spiro atoms. The molecule has 9 atom stereocenters. The number of allylic oxidation sites excluding steroid dienone is 2. The number of fused-ring (bicyclic) bond motifs is 7. The number of Topliss-reactive ketones (excluding diaryl/α,β-unsaturated/α-hetero) is 1. The highest BCUT2D eigenvalue weighted by Gasteiger charge is 2.72. The lowest BCUT2D eigenvalue weighted by atomic mass is 9.32. The first-order chi connectivity index (χ1) is 16.8. The van der Waals surface area contributed by atoms with E-state index in [1.165, 1.54) is 12.5 Å². The molecule has 0 bridgehead atoms. The minimum Gasteiger partial charge on any atom is -0.481 e. The maximum absolute atomic E-state index is 14.3. The Bertz CT molecular complexity index is 1100. The molecule has 0 aromatic carbocycles. The molecule has 206 valence electrons. The predicted molar refractivity (Wildman–Crippen MR) is 143 cm³/mol. The van der Waals surface area contributed by atoms with Gasteiger partial charge in [-0.25, -0.2) is 0 Å². The number of carbonyl (C=O) groups excluding carboxylic acids is 2. The molecular formula is C32H48O5. The standard InChI is InChI=1S/C32H48O5/c1-19(33)32(37)16-14-29(6)23(26(32,2)3)9-10-31(8)24(29)22(34)17-20-21-18-28(5,25(35)36)12-11-27(21,4)13-15-30(20,31)7/h17,21,23-24,37H,9-16,18H2,1-8H3,(H,35,36)/t21-,23?,24?,27-,28+,29+,30-,31-,32-/m1/s1. The van der Waals surface area contributed by atoms with E-state index in [4.69, 9.17) is 0 Å². The number of ketones is 2. The molecule has 0 amide bonds. The number of hydrogen-bond acceptors (Lipinski definition) is 4. The van der Waals surface area contributed by atoms with Gasteiger partial charge in [-0.1, -0.05) is 47.1 Å². The Morgan fingerprint density at radius 3 is 2.11 bits per heavy atom. The number of hydrogen-bond donors (Lipinski definition) is 2. The van der Waals surface area contributed by atoms with E-state index in [-0.39, 0.29) is 51.0 Å². The number of carbonyl (C=O) groups is 3. The summed E-state index contributed by atoms with van der Waals surface area (Å²) in [5.74, 6) is -0.674. The molecule has 0 heterocycles. The Balaban J connectivity index is 1.62. The molecule has 0 saturated heterocycles. The molecule has 0 radical (unpaired) electrons. The van der Waals surface area contributed by atoms with E-state index < -0.39 is 22.4 Å². The largest absolute Gasteiger partial charge is 0.481 e. The summed E-state index contributed by atoms with van der Waals surface area (Å²) in [6.07, 6.45) is 9.08. The Morgan fingerprint density at radius 1 is 0.892 bits per heavy atom. The molecule has 0 aromatic rings. The van der Waals surface area contributed by atoms with Gasteiger partial charge in [0.2, 0.25) is 0 Å². The maximum Gasteiger partial charge on any atom is 0.309 e. The van der Waals surface area contributed by atoms with E-state index >= 15 is 0 Å². The van der Waals surface area contributed by atoms with E-state index in [2.05, 4.69) is 27.7 Å². The SMILES string of the molecule is CC(=O)[C@]1(O)CC[C@@]2(C)C(CC[C@]3(C)C2C(=O)C=C2[C@H]4C[C@@](C)(C(=O)O)CC[C@]4(C)CC[C@]23C)C1(C)C. The van der Waals surface area contributed by atoms with Crippen LogP contribution in [0.3, 0.4) is 0 Å². The molecule has 4 fully saturated rings. The zero-order valence-electron chi connectivity index (χ0n) is 24.3. The van der Waals surface area contributed by atoms with Gasteiger partial charge in [0.15, 0.2) is 11.6 Å². The molecule has 4 saturated carbocycles. The van der Waals surface area contributed by atoms with Crippen molar-refractivity contribution < 1.29 is 24.6 Å². The normalized spacial score (nSPS) is 52.6. The van der Waals surface area contributed by atoms with Gasteiger partial charge < -0.3 is 10.2 Å². The Kier molecular flexibility index (Phi) is 5.55. The fourth-order valence-corrected chi connectivity index (χ4v) is 11.0. The van der Waals surface area contributed by atoms with Crippen LogP contribution in [0.2, 0.25) is 0 Å². The molecule has 5 nitrogen and oxygen atoms in total. The van der Waals surface area contributed by atoms with Gasteiger partial charge in [-0.15, -0.1) is 0 Å². The predicted octanol–water partition coefficient (Wildman–Crippen LogP) is 6.37. The Morgan fingerprint density at radius 2 is 1.51 bits per heavy atom. The van der Waals surface area contributed by atoms with Gasteiger partial charge in [0.1, 0.15) is 5.60 Å². The summed E-state index contributed by atoms with van der Waals surface area (Å²) in [5.41, 5.74) is -2.18. The van der Waals surface area contributed by atoms with Gasteiger partial charge in [0.25, 0.3) is 0 Å². The van der Waals surface area contributed by atoms with Crippen molar-refractivity contribution in [3.05, 3.63) is 11.6 Å². The van der Waals surface area contributed by atoms with Crippen molar-refractivity contribution in [2.45, 2.75) is 119 Å². The minimum absolute atomic E-state index is 0.0374. The molecule has 5 aliphatic rings. The maximum atomic E-state index is 14.3. The van der Waals surface area contributed by atoms with E-state index in [0.29, 0.717) is 25.7 Å². The second-order valence-electron chi connectivity index (χ2n) is 15.7. The van der Waals surface area contributed by atoms with Gasteiger partial charge in [-0.2, -0.15) is 0 Å². The molecule has 0 aliphatic heterocycles. The van der Waals surface area contributed by atoms with Crippen molar-refractivity contribution in [3.8, 4) is 0 Å². The van der Waals surface area contributed by atoms with Gasteiger partial charge in [0, 0.05) is 11.3 Å². The summed E-state index contributed by atoms with van der Waals surface area (Å²) >= 11 is 0. The van der Waals surface area contributed by atoms with Crippen molar-refractivity contribution in [1.82, 2.24) is 0 Å². The number of aliphatic carboxylic acids is 1. The lowest BCUT2D eigenvalue weighted by molar-refractivity contribution is -0.226. The van der Waals surface area contributed by atoms with Gasteiger partial charge in [-0.05, 0) is 111 Å². The number of rotatable bonds is 2. The third-order valence-electron chi connectivity index (χ3n) is 13.9. The van der Waals surface area contributed by atoms with Crippen molar-refractivity contribution in [1.29, 1.82) is 0 Å². The van der Waals surface area contributed by atoms with Crippen LogP contribution in [0.1, 0.15) is 113 Å². The first kappa shape index (κ1) is 27.1. The molecular weight excluding hydrogens is 464 g/mol. The van der Waals surface area contributed by atoms with Crippen molar-refractivity contribution >= 4 is 17.5 Å². The van der Waals surface area contributed by atoms with E-state index in [1.807, 2.05) is 26.8 Å². The van der Waals surface area contributed by atoms with Gasteiger partial charge in [-0.3, -0.25) is 14.4 Å². The van der Waals surface area contributed by atoms with Crippen LogP contribution in [-0.2, 0) is 14.4 Å². The molecule has 5 heteroatoms. The zero-order valence-corrected chi connectivity index (χ0v) is 24.3. The lowest BCUT2D eigenvalue weighted by Crippen LogP contribution is -2.69. The summed E-state index contributed by atoms with van der Waals surface area (Å²) in [5, 5.41) is 21.6. The van der Waals surface area contributed by atoms with Gasteiger partial charge in [0.05, 0.1) is 5.41 Å². The van der Waals surface area contributed by atoms with E-state index in [9.17, 15) is 24.6 Å². The smallest absolute Gasteiger partial charge is 0.309 e. The molecule has 0 aromatic heterocycles. The van der Waals surface area contributed by atoms with Crippen LogP contribution in [0.4, 0.5) is 0 Å². The Labute approximate surface area is 222 Å². The van der Waals surface area contributed by atoms with Crippen LogP contribution in [0.5, 0.6) is 0 Å². The summed E-state index contributed by atoms with van der Waals surface area (Å²) in [6.45, 7) is 16.8. The van der Waals surface area contributed by atoms with Crippen LogP contribution >= 0.6 is 0 Å². The molecule has 5 rings (SSSR count). The minimum atomic E-state index is -1.36. The van der Waals surface area contributed by atoms with Crippen molar-refractivity contribution in [2.75, 3.05) is 0 Å². The fourth-order valence-electron chi connectivity index (χ4n) is 11.0. The van der Waals surface area contributed by atoms with Crippen LogP contribution in [0, 0.1) is 50.2 Å². The zero-order chi connectivity index (χ0) is 27.6. The highest BCUT2D eigenvalue weighted by molar-refractivity contribution is 5.96. The molecule has 2 unspecified atom stereocenters. The van der Waals surface area contributed by atoms with E-state index in [0.717, 1.165) is 32.1 Å². The van der Waals surface area contributed by atoms with Crippen LogP contribution in [0.15, 0.2) is 11.6 Å². The van der Waals surface area contributed by atoms with Crippen molar-refractivity contribution in [2.24, 2.45) is 50.2 Å². The quantitative estimate of drug-likeness (QED) is 0.448. The first-order valence-corrected chi connectivity index (χ1v) is 14.6. The summed E-state index contributed by atoms with van der Waals surface area (Å²) < 4.78 is 0.